The number of nitrogens with two attached hydrogens (primary N) is 1. The lowest BCUT2D eigenvalue weighted by atomic mass is 9.99. The third-order valence-electron chi connectivity index (χ3n) is 5.79. The van der Waals surface area contributed by atoms with E-state index in [0.29, 0.717) is 18.4 Å². The van der Waals surface area contributed by atoms with E-state index in [-0.39, 0.29) is 36.3 Å². The Kier molecular flexibility index (Phi) is 11.6. The normalized spacial score (nSPS) is 16.0. The van der Waals surface area contributed by atoms with Gasteiger partial charge < -0.3 is 16.4 Å². The van der Waals surface area contributed by atoms with E-state index < -0.39 is 11.8 Å². The van der Waals surface area contributed by atoms with Gasteiger partial charge in [-0.15, -0.1) is 24.0 Å². The van der Waals surface area contributed by atoms with E-state index in [1.54, 1.807) is 12.1 Å². The summed E-state index contributed by atoms with van der Waals surface area (Å²) in [4.78, 5) is 19.1. The number of piperidine rings is 1. The van der Waals surface area contributed by atoms with E-state index in [2.05, 4.69) is 44.8 Å². The fraction of sp³-hybridized carbons (Fsp3) is 0.440. The maximum absolute atomic E-state index is 13.1. The molecular formula is C25H35FIN5O. The molecular weight excluding hydrogens is 532 g/mol. The van der Waals surface area contributed by atoms with Crippen molar-refractivity contribution in [3.8, 4) is 0 Å². The largest absolute Gasteiger partial charge is 0.369 e. The number of nitrogens with zero attached hydrogens (tertiary/aromatic N) is 2. The average Bonchev–Trinajstić information content (AvgIpc) is 2.79. The summed E-state index contributed by atoms with van der Waals surface area (Å²) in [5.41, 5.74) is 7.82. The van der Waals surface area contributed by atoms with Crippen LogP contribution in [0.5, 0.6) is 0 Å². The van der Waals surface area contributed by atoms with Crippen LogP contribution >= 0.6 is 24.0 Å². The van der Waals surface area contributed by atoms with Gasteiger partial charge in [0.05, 0.1) is 12.5 Å². The molecule has 180 valence electrons. The standard InChI is InChI=1S/C25H34FN5O.HI/c1-2-28-25(29-17-21(24(27)32)16-19-8-10-22(26)11-9-19)30-23-12-14-31(15-13-23)18-20-6-4-3-5-7-20;/h3-11,21,23H,2,12-18H2,1H3,(H2,27,32)(H2,28,29,30);1H. The van der Waals surface area contributed by atoms with Gasteiger partial charge in [-0.1, -0.05) is 42.5 Å². The molecule has 1 heterocycles. The smallest absolute Gasteiger partial charge is 0.222 e. The first-order chi connectivity index (χ1) is 15.5. The van der Waals surface area contributed by atoms with Crippen LogP contribution in [-0.2, 0) is 17.8 Å². The maximum Gasteiger partial charge on any atom is 0.222 e. The van der Waals surface area contributed by atoms with Gasteiger partial charge in [0.2, 0.25) is 5.91 Å². The minimum Gasteiger partial charge on any atom is -0.369 e. The molecule has 1 atom stereocenters. The second-order valence-corrected chi connectivity index (χ2v) is 8.33. The SMILES string of the molecule is CCNC(=NCC(Cc1ccc(F)cc1)C(N)=O)NC1CCN(Cc2ccccc2)CC1.I. The van der Waals surface area contributed by atoms with Crippen LogP contribution in [-0.4, -0.2) is 49.0 Å². The Morgan fingerprint density at radius 2 is 1.79 bits per heavy atom. The van der Waals surface area contributed by atoms with Gasteiger partial charge in [0.25, 0.3) is 0 Å². The van der Waals surface area contributed by atoms with Crippen LogP contribution in [0.25, 0.3) is 0 Å². The van der Waals surface area contributed by atoms with Crippen LogP contribution in [0.4, 0.5) is 4.39 Å². The van der Waals surface area contributed by atoms with Gasteiger partial charge in [0.1, 0.15) is 5.82 Å². The van der Waals surface area contributed by atoms with Gasteiger partial charge in [0.15, 0.2) is 5.96 Å². The van der Waals surface area contributed by atoms with E-state index in [0.717, 1.165) is 44.6 Å². The topological polar surface area (TPSA) is 82.7 Å². The molecule has 8 heteroatoms. The van der Waals surface area contributed by atoms with E-state index in [9.17, 15) is 9.18 Å². The molecule has 0 aromatic heterocycles. The number of primary amides is 1. The van der Waals surface area contributed by atoms with Crippen LogP contribution in [0, 0.1) is 11.7 Å². The first kappa shape index (κ1) is 27.0. The third kappa shape index (κ3) is 9.29. The van der Waals surface area contributed by atoms with Crippen molar-refractivity contribution in [3.05, 3.63) is 71.5 Å². The van der Waals surface area contributed by atoms with E-state index in [1.807, 2.05) is 13.0 Å². The minimum absolute atomic E-state index is 0. The molecule has 2 aromatic carbocycles. The summed E-state index contributed by atoms with van der Waals surface area (Å²) in [5.74, 6) is -0.429. The minimum atomic E-state index is -0.441. The van der Waals surface area contributed by atoms with Crippen molar-refractivity contribution < 1.29 is 9.18 Å². The molecule has 0 saturated carbocycles. The first-order valence-electron chi connectivity index (χ1n) is 11.4. The Balaban J connectivity index is 0.00000385. The Morgan fingerprint density at radius 3 is 2.39 bits per heavy atom. The number of nitrogens with one attached hydrogen (secondary N) is 2. The van der Waals surface area contributed by atoms with Crippen molar-refractivity contribution in [2.45, 2.75) is 38.8 Å². The van der Waals surface area contributed by atoms with Gasteiger partial charge >= 0.3 is 0 Å². The summed E-state index contributed by atoms with van der Waals surface area (Å²) in [7, 11) is 0. The molecule has 0 spiro atoms. The van der Waals surface area contributed by atoms with E-state index in [1.165, 1.54) is 17.7 Å². The lowest BCUT2D eigenvalue weighted by Crippen LogP contribution is -2.48. The molecule has 0 aliphatic carbocycles. The van der Waals surface area contributed by atoms with E-state index >= 15 is 0 Å². The van der Waals surface area contributed by atoms with Crippen molar-refractivity contribution >= 4 is 35.8 Å². The molecule has 1 saturated heterocycles. The number of carbonyl (C=O) groups excluding carboxylic acids is 1. The summed E-state index contributed by atoms with van der Waals surface area (Å²) in [6, 6.07) is 17.0. The third-order valence-corrected chi connectivity index (χ3v) is 5.79. The number of likely N-dealkylation sites (tertiary alicyclic amines) is 1. The highest BCUT2D eigenvalue weighted by molar-refractivity contribution is 14.0. The number of guanidine groups is 1. The molecule has 1 aliphatic heterocycles. The summed E-state index contributed by atoms with van der Waals surface area (Å²) in [5, 5.41) is 6.79. The highest BCUT2D eigenvalue weighted by Gasteiger charge is 2.21. The predicted molar refractivity (Wildman–Crippen MR) is 142 cm³/mol. The molecule has 1 fully saturated rings. The van der Waals surface area contributed by atoms with Gasteiger partial charge in [-0.2, -0.15) is 0 Å². The van der Waals surface area contributed by atoms with Crippen molar-refractivity contribution in [1.82, 2.24) is 15.5 Å². The summed E-state index contributed by atoms with van der Waals surface area (Å²) >= 11 is 0. The lowest BCUT2D eigenvalue weighted by molar-refractivity contribution is -0.121. The second-order valence-electron chi connectivity index (χ2n) is 8.33. The lowest BCUT2D eigenvalue weighted by Gasteiger charge is -2.33. The van der Waals surface area contributed by atoms with Crippen LogP contribution in [0.3, 0.4) is 0 Å². The highest BCUT2D eigenvalue weighted by atomic mass is 127. The van der Waals surface area contributed by atoms with Crippen LogP contribution in [0.2, 0.25) is 0 Å². The van der Waals surface area contributed by atoms with Gasteiger partial charge in [-0.25, -0.2) is 4.39 Å². The van der Waals surface area contributed by atoms with Crippen molar-refractivity contribution in [2.75, 3.05) is 26.2 Å². The fourth-order valence-electron chi connectivity index (χ4n) is 3.95. The zero-order valence-corrected chi connectivity index (χ0v) is 21.5. The monoisotopic (exact) mass is 567 g/mol. The van der Waals surface area contributed by atoms with Gasteiger partial charge in [-0.3, -0.25) is 14.7 Å². The number of carbonyl (C=O) groups is 1. The number of aliphatic imine (C=N–C) groups is 1. The number of amides is 1. The molecule has 4 N–H and O–H groups in total. The zero-order chi connectivity index (χ0) is 22.8. The first-order valence-corrected chi connectivity index (χ1v) is 11.4. The zero-order valence-electron chi connectivity index (χ0n) is 19.2. The van der Waals surface area contributed by atoms with Crippen LogP contribution in [0.15, 0.2) is 59.6 Å². The molecule has 0 bridgehead atoms. The molecule has 6 nitrogen and oxygen atoms in total. The van der Waals surface area contributed by atoms with Crippen LogP contribution in [0.1, 0.15) is 30.9 Å². The summed E-state index contributed by atoms with van der Waals surface area (Å²) in [6.07, 6.45) is 2.51. The molecule has 2 aromatic rings. The highest BCUT2D eigenvalue weighted by Crippen LogP contribution is 2.14. The molecule has 1 unspecified atom stereocenters. The van der Waals surface area contributed by atoms with Crippen molar-refractivity contribution in [1.29, 1.82) is 0 Å². The fourth-order valence-corrected chi connectivity index (χ4v) is 3.95. The maximum atomic E-state index is 13.1. The number of rotatable bonds is 9. The average molecular weight is 567 g/mol. The van der Waals surface area contributed by atoms with Crippen molar-refractivity contribution in [2.24, 2.45) is 16.6 Å². The second kappa shape index (κ2) is 14.1. The molecule has 3 rings (SSSR count). The number of hydrogen-bond donors (Lipinski definition) is 3. The molecule has 1 aliphatic rings. The number of halogens is 2. The molecule has 33 heavy (non-hydrogen) atoms. The van der Waals surface area contributed by atoms with Gasteiger partial charge in [-0.05, 0) is 49.4 Å². The summed E-state index contributed by atoms with van der Waals surface area (Å²) < 4.78 is 13.1. The Morgan fingerprint density at radius 1 is 1.12 bits per heavy atom. The summed E-state index contributed by atoms with van der Waals surface area (Å²) in [6.45, 7) is 6.07. The number of benzene rings is 2. The van der Waals surface area contributed by atoms with E-state index in [4.69, 9.17) is 5.73 Å². The Hall–Kier alpha value is -2.20. The van der Waals surface area contributed by atoms with Crippen LogP contribution < -0.4 is 16.4 Å². The van der Waals surface area contributed by atoms with Gasteiger partial charge in [0, 0.05) is 32.2 Å². The molecule has 1 amide bonds. The van der Waals surface area contributed by atoms with Crippen molar-refractivity contribution in [3.63, 3.8) is 0 Å². The quantitative estimate of drug-likeness (QED) is 0.247. The number of hydrogen-bond acceptors (Lipinski definition) is 3. The Bertz CT molecular complexity index is 870. The predicted octanol–water partition coefficient (Wildman–Crippen LogP) is 3.31. The molecule has 0 radical (unpaired) electrons. The Labute approximate surface area is 213 Å².